The number of benzene rings is 1. The molecule has 96 valence electrons. The van der Waals surface area contributed by atoms with Gasteiger partial charge in [0.15, 0.2) is 11.6 Å². The van der Waals surface area contributed by atoms with E-state index in [9.17, 15) is 8.78 Å². The zero-order valence-electron chi connectivity index (χ0n) is 9.70. The Kier molecular flexibility index (Phi) is 4.07. The SMILES string of the molecule is NNC(Cc1ccco1)Cc1cccc(F)c1F. The van der Waals surface area contributed by atoms with E-state index in [1.807, 2.05) is 6.07 Å². The first kappa shape index (κ1) is 12.7. The molecule has 0 aliphatic carbocycles. The van der Waals surface area contributed by atoms with Gasteiger partial charge in [-0.05, 0) is 30.2 Å². The predicted molar refractivity (Wildman–Crippen MR) is 63.6 cm³/mol. The van der Waals surface area contributed by atoms with E-state index in [0.29, 0.717) is 18.4 Å². The third kappa shape index (κ3) is 2.94. The van der Waals surface area contributed by atoms with Gasteiger partial charge in [-0.3, -0.25) is 11.3 Å². The molecule has 1 aromatic heterocycles. The van der Waals surface area contributed by atoms with Gasteiger partial charge in [-0.15, -0.1) is 0 Å². The maximum atomic E-state index is 13.5. The molecule has 0 saturated carbocycles. The molecule has 1 unspecified atom stereocenters. The maximum absolute atomic E-state index is 13.5. The number of hydrazine groups is 1. The van der Waals surface area contributed by atoms with Crippen molar-refractivity contribution in [2.75, 3.05) is 0 Å². The number of nitrogens with two attached hydrogens (primary N) is 1. The van der Waals surface area contributed by atoms with E-state index in [4.69, 9.17) is 10.3 Å². The number of nitrogens with one attached hydrogen (secondary N) is 1. The maximum Gasteiger partial charge on any atom is 0.162 e. The number of hydrogen-bond acceptors (Lipinski definition) is 3. The summed E-state index contributed by atoms with van der Waals surface area (Å²) in [5, 5.41) is 0. The first-order valence-corrected chi connectivity index (χ1v) is 5.62. The van der Waals surface area contributed by atoms with Crippen molar-refractivity contribution in [1.29, 1.82) is 0 Å². The molecule has 3 nitrogen and oxygen atoms in total. The van der Waals surface area contributed by atoms with Crippen LogP contribution in [0.5, 0.6) is 0 Å². The normalized spacial score (nSPS) is 12.6. The quantitative estimate of drug-likeness (QED) is 0.633. The third-order valence-electron chi connectivity index (χ3n) is 2.76. The molecule has 2 rings (SSSR count). The summed E-state index contributed by atoms with van der Waals surface area (Å²) in [5.74, 6) is 4.49. The molecule has 0 bridgehead atoms. The summed E-state index contributed by atoms with van der Waals surface area (Å²) in [4.78, 5) is 0. The average Bonchev–Trinajstić information content (AvgIpc) is 2.86. The Morgan fingerprint density at radius 3 is 2.67 bits per heavy atom. The molecule has 1 heterocycles. The summed E-state index contributed by atoms with van der Waals surface area (Å²) in [6.45, 7) is 0. The van der Waals surface area contributed by atoms with Gasteiger partial charge >= 0.3 is 0 Å². The Hall–Kier alpha value is -1.72. The summed E-state index contributed by atoms with van der Waals surface area (Å²) < 4.78 is 31.8. The number of rotatable bonds is 5. The van der Waals surface area contributed by atoms with Crippen LogP contribution in [-0.4, -0.2) is 6.04 Å². The highest BCUT2D eigenvalue weighted by Gasteiger charge is 2.15. The van der Waals surface area contributed by atoms with Crippen molar-refractivity contribution in [3.63, 3.8) is 0 Å². The highest BCUT2D eigenvalue weighted by molar-refractivity contribution is 5.20. The van der Waals surface area contributed by atoms with Crippen LogP contribution in [0.1, 0.15) is 11.3 Å². The van der Waals surface area contributed by atoms with Crippen molar-refractivity contribution in [2.24, 2.45) is 5.84 Å². The molecule has 5 heteroatoms. The molecule has 0 spiro atoms. The molecular formula is C13H14F2N2O. The van der Waals surface area contributed by atoms with Gasteiger partial charge in [-0.2, -0.15) is 0 Å². The molecule has 0 aliphatic rings. The molecule has 1 atom stereocenters. The minimum atomic E-state index is -0.846. The largest absolute Gasteiger partial charge is 0.469 e. The second-order valence-electron chi connectivity index (χ2n) is 4.06. The highest BCUT2D eigenvalue weighted by atomic mass is 19.2. The Labute approximate surface area is 104 Å². The van der Waals surface area contributed by atoms with Gasteiger partial charge in [0.2, 0.25) is 0 Å². The van der Waals surface area contributed by atoms with Crippen LogP contribution < -0.4 is 11.3 Å². The smallest absolute Gasteiger partial charge is 0.162 e. The second kappa shape index (κ2) is 5.75. The third-order valence-corrected chi connectivity index (χ3v) is 2.76. The molecule has 3 N–H and O–H groups in total. The molecule has 0 saturated heterocycles. The fraction of sp³-hybridized carbons (Fsp3) is 0.231. The van der Waals surface area contributed by atoms with Gasteiger partial charge in [0.05, 0.1) is 6.26 Å². The summed E-state index contributed by atoms with van der Waals surface area (Å²) in [6, 6.07) is 7.49. The minimum absolute atomic E-state index is 0.215. The van der Waals surface area contributed by atoms with Crippen molar-refractivity contribution in [3.05, 3.63) is 59.6 Å². The molecule has 18 heavy (non-hydrogen) atoms. The van der Waals surface area contributed by atoms with E-state index in [-0.39, 0.29) is 6.04 Å². The Morgan fingerprint density at radius 1 is 1.17 bits per heavy atom. The monoisotopic (exact) mass is 252 g/mol. The summed E-state index contributed by atoms with van der Waals surface area (Å²) in [7, 11) is 0. The second-order valence-corrected chi connectivity index (χ2v) is 4.06. The number of furan rings is 1. The van der Waals surface area contributed by atoms with Gasteiger partial charge in [-0.1, -0.05) is 12.1 Å². The van der Waals surface area contributed by atoms with Crippen LogP contribution in [0.2, 0.25) is 0 Å². The lowest BCUT2D eigenvalue weighted by Gasteiger charge is -2.15. The summed E-state index contributed by atoms with van der Waals surface area (Å²) >= 11 is 0. The van der Waals surface area contributed by atoms with E-state index in [0.717, 1.165) is 11.8 Å². The van der Waals surface area contributed by atoms with Crippen molar-refractivity contribution in [1.82, 2.24) is 5.43 Å². The first-order chi connectivity index (χ1) is 8.70. The van der Waals surface area contributed by atoms with Gasteiger partial charge in [-0.25, -0.2) is 8.78 Å². The van der Waals surface area contributed by atoms with Crippen LogP contribution in [0.15, 0.2) is 41.0 Å². The van der Waals surface area contributed by atoms with Crippen molar-refractivity contribution in [2.45, 2.75) is 18.9 Å². The predicted octanol–water partition coefficient (Wildman–Crippen LogP) is 2.17. The standard InChI is InChI=1S/C13H14F2N2O/c14-12-5-1-3-9(13(12)15)7-10(17-16)8-11-4-2-6-18-11/h1-6,10,17H,7-8,16H2. The van der Waals surface area contributed by atoms with E-state index in [1.165, 1.54) is 6.07 Å². The van der Waals surface area contributed by atoms with Crippen LogP contribution in [0, 0.1) is 11.6 Å². The zero-order valence-corrected chi connectivity index (χ0v) is 9.70. The Morgan fingerprint density at radius 2 is 2.00 bits per heavy atom. The molecule has 0 radical (unpaired) electrons. The van der Waals surface area contributed by atoms with Crippen LogP contribution in [0.4, 0.5) is 8.78 Å². The fourth-order valence-corrected chi connectivity index (χ4v) is 1.83. The lowest BCUT2D eigenvalue weighted by molar-refractivity contribution is 0.434. The van der Waals surface area contributed by atoms with Crippen molar-refractivity contribution >= 4 is 0 Å². The highest BCUT2D eigenvalue weighted by Crippen LogP contribution is 2.15. The van der Waals surface area contributed by atoms with Gasteiger partial charge in [0, 0.05) is 12.5 Å². The summed E-state index contributed by atoms with van der Waals surface area (Å²) in [5.41, 5.74) is 2.88. The molecule has 1 aromatic carbocycles. The van der Waals surface area contributed by atoms with Crippen LogP contribution >= 0.6 is 0 Å². The molecule has 2 aromatic rings. The average molecular weight is 252 g/mol. The molecular weight excluding hydrogens is 238 g/mol. The van der Waals surface area contributed by atoms with Crippen LogP contribution in [0.25, 0.3) is 0 Å². The molecule has 0 aliphatic heterocycles. The fourth-order valence-electron chi connectivity index (χ4n) is 1.83. The van der Waals surface area contributed by atoms with Crippen molar-refractivity contribution < 1.29 is 13.2 Å². The lowest BCUT2D eigenvalue weighted by Crippen LogP contribution is -2.38. The molecule has 0 amide bonds. The Balaban J connectivity index is 2.08. The minimum Gasteiger partial charge on any atom is -0.469 e. The molecule has 0 fully saturated rings. The number of halogens is 2. The van der Waals surface area contributed by atoms with Gasteiger partial charge in [0.1, 0.15) is 5.76 Å². The van der Waals surface area contributed by atoms with Crippen molar-refractivity contribution in [3.8, 4) is 0 Å². The van der Waals surface area contributed by atoms with E-state index >= 15 is 0 Å². The lowest BCUT2D eigenvalue weighted by atomic mass is 10.0. The van der Waals surface area contributed by atoms with Crippen LogP contribution in [-0.2, 0) is 12.8 Å². The van der Waals surface area contributed by atoms with Gasteiger partial charge < -0.3 is 4.42 Å². The first-order valence-electron chi connectivity index (χ1n) is 5.62. The summed E-state index contributed by atoms with van der Waals surface area (Å²) in [6.07, 6.45) is 2.37. The zero-order chi connectivity index (χ0) is 13.0. The Bertz CT molecular complexity index is 500. The number of hydrogen-bond donors (Lipinski definition) is 2. The van der Waals surface area contributed by atoms with Gasteiger partial charge in [0.25, 0.3) is 0 Å². The van der Waals surface area contributed by atoms with E-state index in [1.54, 1.807) is 18.4 Å². The topological polar surface area (TPSA) is 51.2 Å². The van der Waals surface area contributed by atoms with Crippen LogP contribution in [0.3, 0.4) is 0 Å². The van der Waals surface area contributed by atoms with E-state index in [2.05, 4.69) is 5.43 Å². The van der Waals surface area contributed by atoms with E-state index < -0.39 is 11.6 Å².